The topological polar surface area (TPSA) is 88.3 Å². The van der Waals surface area contributed by atoms with Crippen molar-refractivity contribution in [1.82, 2.24) is 15.2 Å². The molecule has 1 fully saturated rings. The van der Waals surface area contributed by atoms with Gasteiger partial charge in [-0.25, -0.2) is 4.98 Å². The molecular weight excluding hydrogens is 312 g/mol. The van der Waals surface area contributed by atoms with Crippen LogP contribution in [0, 0.1) is 6.92 Å². The zero-order chi connectivity index (χ0) is 16.8. The van der Waals surface area contributed by atoms with E-state index in [1.807, 2.05) is 11.8 Å². The molecule has 0 atom stereocenters. The monoisotopic (exact) mass is 338 g/mol. The van der Waals surface area contributed by atoms with E-state index in [9.17, 15) is 9.59 Å². The zero-order valence-electron chi connectivity index (χ0n) is 13.9. The Hall–Kier alpha value is -1.47. The van der Waals surface area contributed by atoms with Crippen LogP contribution in [-0.2, 0) is 11.2 Å². The Morgan fingerprint density at radius 2 is 2.09 bits per heavy atom. The number of thiazole rings is 1. The molecule has 0 spiro atoms. The fourth-order valence-electron chi connectivity index (χ4n) is 2.80. The summed E-state index contributed by atoms with van der Waals surface area (Å²) in [7, 11) is 0. The normalized spacial score (nSPS) is 16.4. The molecule has 3 N–H and O–H groups in total. The third-order valence-electron chi connectivity index (χ3n) is 4.09. The number of hydrogen-bond donors (Lipinski definition) is 2. The van der Waals surface area contributed by atoms with Crippen molar-refractivity contribution in [2.75, 3.05) is 19.6 Å². The number of likely N-dealkylation sites (tertiary alicyclic amines) is 1. The molecule has 0 bridgehead atoms. The lowest BCUT2D eigenvalue weighted by Crippen LogP contribution is -2.46. The number of piperidine rings is 1. The average molecular weight is 338 g/mol. The van der Waals surface area contributed by atoms with E-state index in [-0.39, 0.29) is 17.9 Å². The first-order valence-electron chi connectivity index (χ1n) is 8.27. The Bertz CT molecular complexity index is 550. The van der Waals surface area contributed by atoms with Crippen LogP contribution in [0.4, 0.5) is 0 Å². The molecule has 2 amide bonds. The second kappa shape index (κ2) is 8.40. The minimum absolute atomic E-state index is 0.0175. The number of nitrogens with one attached hydrogen (secondary N) is 1. The number of primary amides is 1. The quantitative estimate of drug-likeness (QED) is 0.788. The molecule has 6 nitrogen and oxygen atoms in total. The largest absolute Gasteiger partial charge is 0.369 e. The second-order valence-corrected chi connectivity index (χ2v) is 7.20. The number of carbonyl (C=O) groups excluding carboxylic acids is 2. The standard InChI is InChI=1S/C16H26N4O2S/c1-3-4-5-14-18-11(2)15(23-14)16(22)19-12-6-8-20(9-7-12)10-13(17)21/h12H,3-10H2,1-2H3,(H2,17,21)(H,19,22). The van der Waals surface area contributed by atoms with Gasteiger partial charge in [0.25, 0.3) is 5.91 Å². The molecule has 128 valence electrons. The summed E-state index contributed by atoms with van der Waals surface area (Å²) in [6, 6.07) is 0.159. The third-order valence-corrected chi connectivity index (χ3v) is 5.31. The second-order valence-electron chi connectivity index (χ2n) is 6.12. The van der Waals surface area contributed by atoms with Crippen LogP contribution in [-0.4, -0.2) is 47.4 Å². The lowest BCUT2D eigenvalue weighted by Gasteiger charge is -2.31. The van der Waals surface area contributed by atoms with E-state index in [2.05, 4.69) is 17.2 Å². The molecule has 1 aromatic heterocycles. The summed E-state index contributed by atoms with van der Waals surface area (Å²) >= 11 is 1.51. The maximum atomic E-state index is 12.5. The van der Waals surface area contributed by atoms with E-state index in [0.717, 1.165) is 60.8 Å². The first-order valence-corrected chi connectivity index (χ1v) is 9.09. The van der Waals surface area contributed by atoms with E-state index in [1.54, 1.807) is 0 Å². The number of aryl methyl sites for hydroxylation is 2. The van der Waals surface area contributed by atoms with Crippen LogP contribution in [0.25, 0.3) is 0 Å². The number of nitrogens with two attached hydrogens (primary N) is 1. The van der Waals surface area contributed by atoms with Gasteiger partial charge < -0.3 is 11.1 Å². The van der Waals surface area contributed by atoms with E-state index in [4.69, 9.17) is 5.73 Å². The number of hydrogen-bond acceptors (Lipinski definition) is 5. The molecule has 0 aliphatic carbocycles. The Labute approximate surface area is 141 Å². The van der Waals surface area contributed by atoms with Crippen molar-refractivity contribution in [3.05, 3.63) is 15.6 Å². The Morgan fingerprint density at radius 1 is 1.39 bits per heavy atom. The van der Waals surface area contributed by atoms with Gasteiger partial charge in [0, 0.05) is 19.1 Å². The molecule has 0 radical (unpaired) electrons. The molecule has 0 saturated carbocycles. The fraction of sp³-hybridized carbons (Fsp3) is 0.688. The van der Waals surface area contributed by atoms with Crippen LogP contribution in [0.5, 0.6) is 0 Å². The third kappa shape index (κ3) is 5.28. The van der Waals surface area contributed by atoms with Gasteiger partial charge in [0.1, 0.15) is 4.88 Å². The maximum absolute atomic E-state index is 12.5. The van der Waals surface area contributed by atoms with Crippen molar-refractivity contribution in [3.8, 4) is 0 Å². The Kier molecular flexibility index (Phi) is 6.53. The number of nitrogens with zero attached hydrogens (tertiary/aromatic N) is 2. The summed E-state index contributed by atoms with van der Waals surface area (Å²) in [5.41, 5.74) is 6.04. The highest BCUT2D eigenvalue weighted by Gasteiger charge is 2.23. The molecule has 23 heavy (non-hydrogen) atoms. The van der Waals surface area contributed by atoms with Gasteiger partial charge in [0.15, 0.2) is 0 Å². The molecule has 7 heteroatoms. The predicted molar refractivity (Wildman–Crippen MR) is 91.6 cm³/mol. The van der Waals surface area contributed by atoms with Crippen molar-refractivity contribution in [3.63, 3.8) is 0 Å². The van der Waals surface area contributed by atoms with Gasteiger partial charge >= 0.3 is 0 Å². The molecule has 2 heterocycles. The van der Waals surface area contributed by atoms with Gasteiger partial charge in [0.05, 0.1) is 17.2 Å². The molecular formula is C16H26N4O2S. The Morgan fingerprint density at radius 3 is 2.70 bits per heavy atom. The first kappa shape index (κ1) is 17.9. The van der Waals surface area contributed by atoms with Gasteiger partial charge in [-0.3, -0.25) is 14.5 Å². The molecule has 1 aliphatic heterocycles. The highest BCUT2D eigenvalue weighted by atomic mass is 32.1. The van der Waals surface area contributed by atoms with Gasteiger partial charge in [-0.05, 0) is 32.6 Å². The van der Waals surface area contributed by atoms with Gasteiger partial charge in [-0.1, -0.05) is 13.3 Å². The van der Waals surface area contributed by atoms with Crippen LogP contribution in [0.15, 0.2) is 0 Å². The van der Waals surface area contributed by atoms with Crippen LogP contribution in [0.1, 0.15) is 53.0 Å². The number of rotatable bonds is 7. The number of unbranched alkanes of at least 4 members (excludes halogenated alkanes) is 1. The van der Waals surface area contributed by atoms with Crippen molar-refractivity contribution < 1.29 is 9.59 Å². The predicted octanol–water partition coefficient (Wildman–Crippen LogP) is 1.47. The zero-order valence-corrected chi connectivity index (χ0v) is 14.7. The van der Waals surface area contributed by atoms with Crippen molar-refractivity contribution in [1.29, 1.82) is 0 Å². The average Bonchev–Trinajstić information content (AvgIpc) is 2.87. The fourth-order valence-corrected chi connectivity index (χ4v) is 3.81. The lowest BCUT2D eigenvalue weighted by molar-refractivity contribution is -0.119. The summed E-state index contributed by atoms with van der Waals surface area (Å²) in [5.74, 6) is -0.316. The van der Waals surface area contributed by atoms with Gasteiger partial charge in [-0.2, -0.15) is 0 Å². The maximum Gasteiger partial charge on any atom is 0.263 e. The van der Waals surface area contributed by atoms with Crippen LogP contribution in [0.3, 0.4) is 0 Å². The van der Waals surface area contributed by atoms with E-state index in [0.29, 0.717) is 6.54 Å². The lowest BCUT2D eigenvalue weighted by atomic mass is 10.0. The number of carbonyl (C=O) groups is 2. The SMILES string of the molecule is CCCCc1nc(C)c(C(=O)NC2CCN(CC(N)=O)CC2)s1. The highest BCUT2D eigenvalue weighted by molar-refractivity contribution is 7.13. The molecule has 1 aromatic rings. The van der Waals surface area contributed by atoms with Crippen molar-refractivity contribution in [2.45, 2.75) is 52.0 Å². The Balaban J connectivity index is 1.85. The smallest absolute Gasteiger partial charge is 0.263 e. The minimum Gasteiger partial charge on any atom is -0.369 e. The highest BCUT2D eigenvalue weighted by Crippen LogP contribution is 2.20. The summed E-state index contributed by atoms with van der Waals surface area (Å²) in [6.07, 6.45) is 4.87. The van der Waals surface area contributed by atoms with Crippen LogP contribution in [0.2, 0.25) is 0 Å². The minimum atomic E-state index is -0.299. The van der Waals surface area contributed by atoms with E-state index in [1.165, 1.54) is 11.3 Å². The summed E-state index contributed by atoms with van der Waals surface area (Å²) in [5, 5.41) is 4.15. The van der Waals surface area contributed by atoms with Crippen molar-refractivity contribution >= 4 is 23.2 Å². The molecule has 1 aliphatic rings. The van der Waals surface area contributed by atoms with Crippen molar-refractivity contribution in [2.24, 2.45) is 5.73 Å². The van der Waals surface area contributed by atoms with E-state index < -0.39 is 0 Å². The summed E-state index contributed by atoms with van der Waals surface area (Å²) in [4.78, 5) is 30.7. The first-order chi connectivity index (χ1) is 11.0. The molecule has 1 saturated heterocycles. The molecule has 0 aromatic carbocycles. The van der Waals surface area contributed by atoms with E-state index >= 15 is 0 Å². The summed E-state index contributed by atoms with van der Waals surface area (Å²) in [6.45, 7) is 5.93. The number of amides is 2. The molecule has 2 rings (SSSR count). The van der Waals surface area contributed by atoms with Gasteiger partial charge in [-0.15, -0.1) is 11.3 Å². The van der Waals surface area contributed by atoms with Crippen LogP contribution < -0.4 is 11.1 Å². The summed E-state index contributed by atoms with van der Waals surface area (Å²) < 4.78 is 0. The molecule has 0 unspecified atom stereocenters. The van der Waals surface area contributed by atoms with Crippen LogP contribution >= 0.6 is 11.3 Å². The van der Waals surface area contributed by atoms with Gasteiger partial charge in [0.2, 0.25) is 5.91 Å². The number of aromatic nitrogens is 1.